The van der Waals surface area contributed by atoms with E-state index >= 15 is 0 Å². The number of esters is 1. The van der Waals surface area contributed by atoms with Crippen LogP contribution in [0.3, 0.4) is 0 Å². The summed E-state index contributed by atoms with van der Waals surface area (Å²) < 4.78 is 7.38. The Hall–Kier alpha value is -1.52. The van der Waals surface area contributed by atoms with Crippen molar-refractivity contribution in [3.05, 3.63) is 11.5 Å². The highest BCUT2D eigenvalue weighted by molar-refractivity contribution is 5.93. The van der Waals surface area contributed by atoms with Crippen molar-refractivity contribution in [2.24, 2.45) is 0 Å². The van der Waals surface area contributed by atoms with Crippen LogP contribution in [-0.2, 0) is 11.3 Å². The molecule has 0 aliphatic carbocycles. The third-order valence-electron chi connectivity index (χ3n) is 2.60. The fourth-order valence-electron chi connectivity index (χ4n) is 1.93. The van der Waals surface area contributed by atoms with Crippen molar-refractivity contribution in [2.75, 3.05) is 11.9 Å². The van der Waals surface area contributed by atoms with Gasteiger partial charge in [-0.3, -0.25) is 0 Å². The van der Waals surface area contributed by atoms with Gasteiger partial charge in [-0.1, -0.05) is 0 Å². The lowest BCUT2D eigenvalue weighted by Crippen LogP contribution is -2.25. The SMILES string of the molecule is Cc1nc(C(=O)OC(C)(C)C)c2n1CCCN2. The van der Waals surface area contributed by atoms with Crippen LogP contribution in [0.5, 0.6) is 0 Å². The fourth-order valence-corrected chi connectivity index (χ4v) is 1.93. The second-order valence-electron chi connectivity index (χ2n) is 5.29. The van der Waals surface area contributed by atoms with Gasteiger partial charge in [0.15, 0.2) is 5.69 Å². The number of rotatable bonds is 1. The van der Waals surface area contributed by atoms with Gasteiger partial charge in [-0.25, -0.2) is 9.78 Å². The molecule has 0 aromatic carbocycles. The lowest BCUT2D eigenvalue weighted by Gasteiger charge is -2.21. The number of hydrogen-bond donors (Lipinski definition) is 1. The van der Waals surface area contributed by atoms with Crippen LogP contribution in [-0.4, -0.2) is 27.7 Å². The molecule has 94 valence electrons. The maximum absolute atomic E-state index is 12.0. The van der Waals surface area contributed by atoms with E-state index in [-0.39, 0.29) is 5.97 Å². The number of hydrogen-bond acceptors (Lipinski definition) is 4. The van der Waals surface area contributed by atoms with E-state index in [4.69, 9.17) is 4.74 Å². The first kappa shape index (κ1) is 12.0. The summed E-state index contributed by atoms with van der Waals surface area (Å²) in [7, 11) is 0. The normalized spacial score (nSPS) is 15.1. The Kier molecular flexibility index (Phi) is 2.85. The number of aryl methyl sites for hydroxylation is 1. The van der Waals surface area contributed by atoms with Crippen LogP contribution in [0.2, 0.25) is 0 Å². The van der Waals surface area contributed by atoms with Crippen molar-refractivity contribution in [2.45, 2.75) is 46.3 Å². The second kappa shape index (κ2) is 4.05. The maximum atomic E-state index is 12.0. The molecule has 0 saturated heterocycles. The van der Waals surface area contributed by atoms with E-state index in [0.29, 0.717) is 5.69 Å². The van der Waals surface area contributed by atoms with Crippen LogP contribution < -0.4 is 5.32 Å². The van der Waals surface area contributed by atoms with E-state index in [1.54, 1.807) is 0 Å². The molecule has 0 saturated carbocycles. The summed E-state index contributed by atoms with van der Waals surface area (Å²) >= 11 is 0. The van der Waals surface area contributed by atoms with Gasteiger partial charge in [0.25, 0.3) is 0 Å². The molecule has 17 heavy (non-hydrogen) atoms. The molecule has 0 fully saturated rings. The largest absolute Gasteiger partial charge is 0.455 e. The van der Waals surface area contributed by atoms with Crippen molar-refractivity contribution in [1.82, 2.24) is 9.55 Å². The van der Waals surface area contributed by atoms with Gasteiger partial charge in [-0.15, -0.1) is 0 Å². The van der Waals surface area contributed by atoms with Crippen LogP contribution in [0.15, 0.2) is 0 Å². The van der Waals surface area contributed by atoms with E-state index in [0.717, 1.165) is 31.2 Å². The Balaban J connectivity index is 2.30. The van der Waals surface area contributed by atoms with E-state index < -0.39 is 5.60 Å². The number of imidazole rings is 1. The first-order chi connectivity index (χ1) is 7.88. The zero-order valence-electron chi connectivity index (χ0n) is 10.8. The predicted octanol–water partition coefficient (Wildman–Crippen LogP) is 1.96. The van der Waals surface area contributed by atoms with Crippen molar-refractivity contribution >= 4 is 11.8 Å². The Morgan fingerprint density at radius 2 is 2.18 bits per heavy atom. The molecule has 1 aromatic rings. The zero-order chi connectivity index (χ0) is 12.6. The Labute approximate surface area is 101 Å². The highest BCUT2D eigenvalue weighted by Gasteiger charge is 2.26. The summed E-state index contributed by atoms with van der Waals surface area (Å²) in [4.78, 5) is 16.3. The number of carbonyl (C=O) groups excluding carboxylic acids is 1. The minimum Gasteiger partial charge on any atom is -0.455 e. The van der Waals surface area contributed by atoms with Crippen molar-refractivity contribution < 1.29 is 9.53 Å². The number of nitrogens with zero attached hydrogens (tertiary/aromatic N) is 2. The predicted molar refractivity (Wildman–Crippen MR) is 65.2 cm³/mol. The smallest absolute Gasteiger partial charge is 0.361 e. The van der Waals surface area contributed by atoms with E-state index in [2.05, 4.69) is 10.3 Å². The lowest BCUT2D eigenvalue weighted by molar-refractivity contribution is 0.00643. The molecule has 2 heterocycles. The van der Waals surface area contributed by atoms with E-state index in [1.807, 2.05) is 32.3 Å². The molecule has 0 amide bonds. The fraction of sp³-hybridized carbons (Fsp3) is 0.667. The van der Waals surface area contributed by atoms with E-state index in [1.165, 1.54) is 0 Å². The molecule has 5 heteroatoms. The Morgan fingerprint density at radius 1 is 1.47 bits per heavy atom. The summed E-state index contributed by atoms with van der Waals surface area (Å²) in [5.74, 6) is 1.29. The molecule has 5 nitrogen and oxygen atoms in total. The highest BCUT2D eigenvalue weighted by Crippen LogP contribution is 2.23. The summed E-state index contributed by atoms with van der Waals surface area (Å²) in [5, 5.41) is 3.22. The average Bonchev–Trinajstić information content (AvgIpc) is 2.55. The number of carbonyl (C=O) groups is 1. The van der Waals surface area contributed by atoms with Gasteiger partial charge >= 0.3 is 5.97 Å². The minimum atomic E-state index is -0.490. The molecule has 0 radical (unpaired) electrons. The van der Waals surface area contributed by atoms with Gasteiger partial charge in [0.2, 0.25) is 0 Å². The van der Waals surface area contributed by atoms with Crippen molar-refractivity contribution in [3.8, 4) is 0 Å². The minimum absolute atomic E-state index is 0.358. The van der Waals surface area contributed by atoms with Gasteiger partial charge in [0.05, 0.1) is 0 Å². The third kappa shape index (κ3) is 2.43. The molecule has 0 atom stereocenters. The molecule has 1 aromatic heterocycles. The van der Waals surface area contributed by atoms with Gasteiger partial charge in [-0.05, 0) is 34.1 Å². The third-order valence-corrected chi connectivity index (χ3v) is 2.60. The lowest BCUT2D eigenvalue weighted by atomic mass is 10.2. The molecule has 1 aliphatic heterocycles. The number of aromatic nitrogens is 2. The number of ether oxygens (including phenoxy) is 1. The molecule has 0 bridgehead atoms. The Bertz CT molecular complexity index is 443. The molecule has 1 aliphatic rings. The van der Waals surface area contributed by atoms with Crippen LogP contribution in [0.1, 0.15) is 43.5 Å². The van der Waals surface area contributed by atoms with Gasteiger partial charge in [0.1, 0.15) is 17.2 Å². The number of fused-ring (bicyclic) bond motifs is 1. The van der Waals surface area contributed by atoms with Gasteiger partial charge in [0, 0.05) is 13.1 Å². The number of anilines is 1. The Morgan fingerprint density at radius 3 is 2.82 bits per heavy atom. The molecule has 0 unspecified atom stereocenters. The van der Waals surface area contributed by atoms with Gasteiger partial charge < -0.3 is 14.6 Å². The molecular formula is C12H19N3O2. The van der Waals surface area contributed by atoms with Crippen LogP contribution in [0.25, 0.3) is 0 Å². The first-order valence-electron chi connectivity index (χ1n) is 5.93. The monoisotopic (exact) mass is 237 g/mol. The quantitative estimate of drug-likeness (QED) is 0.759. The summed E-state index contributed by atoms with van der Waals surface area (Å²) in [6.45, 7) is 9.25. The molecule has 0 spiro atoms. The standard InChI is InChI=1S/C12H19N3O2/c1-8-14-9(11(16)17-12(2,3)4)10-13-6-5-7-15(8)10/h13H,5-7H2,1-4H3. The zero-order valence-corrected chi connectivity index (χ0v) is 10.8. The molecule has 1 N–H and O–H groups in total. The maximum Gasteiger partial charge on any atom is 0.361 e. The van der Waals surface area contributed by atoms with Crippen molar-refractivity contribution in [3.63, 3.8) is 0 Å². The average molecular weight is 237 g/mol. The highest BCUT2D eigenvalue weighted by atomic mass is 16.6. The molecule has 2 rings (SSSR count). The summed E-state index contributed by atoms with van der Waals surface area (Å²) in [6, 6.07) is 0. The topological polar surface area (TPSA) is 56.1 Å². The van der Waals surface area contributed by atoms with Crippen LogP contribution >= 0.6 is 0 Å². The van der Waals surface area contributed by atoms with Gasteiger partial charge in [-0.2, -0.15) is 0 Å². The summed E-state index contributed by atoms with van der Waals surface area (Å²) in [6.07, 6.45) is 1.05. The number of nitrogens with one attached hydrogen (secondary N) is 1. The second-order valence-corrected chi connectivity index (χ2v) is 5.29. The van der Waals surface area contributed by atoms with Crippen LogP contribution in [0, 0.1) is 6.92 Å². The van der Waals surface area contributed by atoms with Crippen molar-refractivity contribution in [1.29, 1.82) is 0 Å². The van der Waals surface area contributed by atoms with Crippen LogP contribution in [0.4, 0.5) is 5.82 Å². The molecular weight excluding hydrogens is 218 g/mol. The summed E-state index contributed by atoms with van der Waals surface area (Å²) in [5.41, 5.74) is -0.0898. The van der Waals surface area contributed by atoms with E-state index in [9.17, 15) is 4.79 Å². The first-order valence-corrected chi connectivity index (χ1v) is 5.93.